The second-order valence-electron chi connectivity index (χ2n) is 8.54. The van der Waals surface area contributed by atoms with Gasteiger partial charge in [0.25, 0.3) is 0 Å². The molecule has 0 amide bonds. The molecule has 1 aliphatic heterocycles. The van der Waals surface area contributed by atoms with Crippen LogP contribution in [0.15, 0.2) is 93.6 Å². The number of hydrogen-bond donors (Lipinski definition) is 1. The summed E-state index contributed by atoms with van der Waals surface area (Å²) in [5, 5.41) is 3.57. The Hall–Kier alpha value is -3.73. The van der Waals surface area contributed by atoms with Crippen LogP contribution in [0.3, 0.4) is 0 Å². The maximum atomic E-state index is 13.9. The second kappa shape index (κ2) is 10.9. The van der Waals surface area contributed by atoms with E-state index in [1.165, 1.54) is 12.1 Å². The molecule has 1 N–H and O–H groups in total. The lowest BCUT2D eigenvalue weighted by molar-refractivity contribution is -0.113. The van der Waals surface area contributed by atoms with Crippen molar-refractivity contribution >= 4 is 17.2 Å². The van der Waals surface area contributed by atoms with Crippen LogP contribution < -0.4 is 5.32 Å². The Labute approximate surface area is 199 Å². The fourth-order valence-electron chi connectivity index (χ4n) is 4.00. The molecule has 0 fully saturated rings. The first kappa shape index (κ1) is 23.4. The van der Waals surface area contributed by atoms with Crippen LogP contribution in [0.2, 0.25) is 0 Å². The van der Waals surface area contributed by atoms with Crippen LogP contribution in [-0.2, 0) is 17.6 Å². The van der Waals surface area contributed by atoms with Crippen LogP contribution in [-0.4, -0.2) is 11.5 Å². The van der Waals surface area contributed by atoms with Gasteiger partial charge in [-0.25, -0.2) is 4.39 Å². The van der Waals surface area contributed by atoms with Crippen LogP contribution in [0.5, 0.6) is 0 Å². The number of hydrogen-bond acceptors (Lipinski definition) is 4. The number of benzene rings is 2. The Balaban J connectivity index is 1.76. The van der Waals surface area contributed by atoms with E-state index >= 15 is 0 Å². The summed E-state index contributed by atoms with van der Waals surface area (Å²) < 4.78 is 19.6. The van der Waals surface area contributed by atoms with Gasteiger partial charge in [-0.05, 0) is 62.1 Å². The maximum absolute atomic E-state index is 13.9. The Morgan fingerprint density at radius 2 is 1.82 bits per heavy atom. The third-order valence-corrected chi connectivity index (χ3v) is 5.80. The normalized spacial score (nSPS) is 16.9. The number of ketones is 1. The molecular formula is C29H29FN2O2. The van der Waals surface area contributed by atoms with E-state index in [4.69, 9.17) is 9.41 Å². The minimum absolute atomic E-state index is 0.0232. The van der Waals surface area contributed by atoms with Crippen molar-refractivity contribution in [3.05, 3.63) is 113 Å². The van der Waals surface area contributed by atoms with E-state index in [9.17, 15) is 9.18 Å². The van der Waals surface area contributed by atoms with E-state index in [0.717, 1.165) is 46.9 Å². The monoisotopic (exact) mass is 456 g/mol. The molecule has 0 saturated heterocycles. The minimum atomic E-state index is -0.279. The Morgan fingerprint density at radius 3 is 2.56 bits per heavy atom. The number of nitrogens with one attached hydrogen (secondary N) is 1. The summed E-state index contributed by atoms with van der Waals surface area (Å²) in [5.41, 5.74) is 4.83. The largest absolute Gasteiger partial charge is 0.466 e. The lowest BCUT2D eigenvalue weighted by Crippen LogP contribution is -2.18. The molecule has 174 valence electrons. The number of rotatable bonds is 5. The number of carbonyl (C=O) groups excluding carboxylic acids is 1. The number of nitrogens with zero attached hydrogens (tertiary/aromatic N) is 1. The van der Waals surface area contributed by atoms with Gasteiger partial charge >= 0.3 is 0 Å². The van der Waals surface area contributed by atoms with Crippen LogP contribution in [0.4, 0.5) is 4.39 Å². The zero-order valence-electron chi connectivity index (χ0n) is 19.6. The van der Waals surface area contributed by atoms with Gasteiger partial charge in [0, 0.05) is 24.2 Å². The highest BCUT2D eigenvalue weighted by atomic mass is 19.1. The number of aliphatic imine (C=N–C) groups is 1. The van der Waals surface area contributed by atoms with Crippen molar-refractivity contribution in [2.24, 2.45) is 4.99 Å². The molecule has 0 radical (unpaired) electrons. The quantitative estimate of drug-likeness (QED) is 0.472. The molecule has 0 saturated carbocycles. The molecule has 5 heteroatoms. The first-order valence-corrected chi connectivity index (χ1v) is 11.6. The van der Waals surface area contributed by atoms with Crippen LogP contribution in [0, 0.1) is 12.7 Å². The zero-order valence-corrected chi connectivity index (χ0v) is 19.6. The van der Waals surface area contributed by atoms with Crippen molar-refractivity contribution in [1.82, 2.24) is 5.32 Å². The predicted molar refractivity (Wildman–Crippen MR) is 134 cm³/mol. The number of halogens is 1. The van der Waals surface area contributed by atoms with Crippen molar-refractivity contribution < 1.29 is 13.6 Å². The molecule has 0 spiro atoms. The Kier molecular flexibility index (Phi) is 7.53. The van der Waals surface area contributed by atoms with Crippen molar-refractivity contribution in [1.29, 1.82) is 0 Å². The maximum Gasteiger partial charge on any atom is 0.177 e. The van der Waals surface area contributed by atoms with E-state index in [1.54, 1.807) is 6.07 Å². The van der Waals surface area contributed by atoms with Gasteiger partial charge in [-0.2, -0.15) is 0 Å². The van der Waals surface area contributed by atoms with E-state index in [-0.39, 0.29) is 11.6 Å². The number of aryl methyl sites for hydroxylation is 1. The highest BCUT2D eigenvalue weighted by Crippen LogP contribution is 2.21. The first-order chi connectivity index (χ1) is 16.5. The molecule has 2 aromatic carbocycles. The summed E-state index contributed by atoms with van der Waals surface area (Å²) in [6.07, 6.45) is 4.83. The van der Waals surface area contributed by atoms with E-state index in [0.29, 0.717) is 30.7 Å². The van der Waals surface area contributed by atoms with Gasteiger partial charge in [0.2, 0.25) is 0 Å². The summed E-state index contributed by atoms with van der Waals surface area (Å²) in [4.78, 5) is 17.9. The second-order valence-corrected chi connectivity index (χ2v) is 8.54. The lowest BCUT2D eigenvalue weighted by Gasteiger charge is -2.17. The third-order valence-electron chi connectivity index (χ3n) is 5.80. The van der Waals surface area contributed by atoms with Gasteiger partial charge in [0.1, 0.15) is 17.3 Å². The predicted octanol–water partition coefficient (Wildman–Crippen LogP) is 6.57. The number of allylic oxidation sites excluding steroid dienone is 3. The van der Waals surface area contributed by atoms with E-state index in [1.807, 2.05) is 62.4 Å². The highest BCUT2D eigenvalue weighted by molar-refractivity contribution is 6.40. The minimum Gasteiger partial charge on any atom is -0.466 e. The van der Waals surface area contributed by atoms with Crippen LogP contribution in [0.25, 0.3) is 5.70 Å². The molecule has 1 aliphatic rings. The lowest BCUT2D eigenvalue weighted by atomic mass is 10.0. The average Bonchev–Trinajstić information content (AvgIpc) is 3.23. The molecular weight excluding hydrogens is 427 g/mol. The van der Waals surface area contributed by atoms with Crippen molar-refractivity contribution in [2.45, 2.75) is 46.0 Å². The van der Waals surface area contributed by atoms with E-state index in [2.05, 4.69) is 11.4 Å². The molecule has 1 aromatic heterocycles. The van der Waals surface area contributed by atoms with Crippen LogP contribution >= 0.6 is 0 Å². The van der Waals surface area contributed by atoms with Gasteiger partial charge in [-0.15, -0.1) is 0 Å². The van der Waals surface area contributed by atoms with Crippen molar-refractivity contribution in [3.63, 3.8) is 0 Å². The Morgan fingerprint density at radius 1 is 1.00 bits per heavy atom. The average molecular weight is 457 g/mol. The molecule has 3 aromatic rings. The first-order valence-electron chi connectivity index (χ1n) is 11.6. The van der Waals surface area contributed by atoms with Crippen molar-refractivity contribution in [3.8, 4) is 0 Å². The standard InChI is InChI=1S/C29H29FN2O2/c1-20-15-16-25(34-20)19-28-29(33)14-7-6-13-26(23-10-4-3-5-11-23)32-27(21(2)31-28)18-22-9-8-12-24(30)17-22/h3-5,8-13,15-17,32H,6-7,14,18-19H2,1-2H3/b26-13-,27-21?,31-28?. The van der Waals surface area contributed by atoms with E-state index < -0.39 is 0 Å². The van der Waals surface area contributed by atoms with Gasteiger partial charge in [-0.1, -0.05) is 48.5 Å². The zero-order chi connectivity index (χ0) is 23.9. The van der Waals surface area contributed by atoms with Crippen LogP contribution in [0.1, 0.15) is 48.8 Å². The summed E-state index contributed by atoms with van der Waals surface area (Å²) in [5.74, 6) is 1.26. The molecule has 0 atom stereocenters. The SMILES string of the molecule is CC1=C(Cc2cccc(F)c2)N/C(c2ccccc2)=C\CCCC(=O)C(Cc2ccc(C)o2)=N1. The molecule has 0 unspecified atom stereocenters. The topological polar surface area (TPSA) is 54.6 Å². The van der Waals surface area contributed by atoms with Gasteiger partial charge < -0.3 is 9.73 Å². The molecule has 34 heavy (non-hydrogen) atoms. The summed E-state index contributed by atoms with van der Waals surface area (Å²) >= 11 is 0. The smallest absolute Gasteiger partial charge is 0.177 e. The molecule has 0 aliphatic carbocycles. The summed E-state index contributed by atoms with van der Waals surface area (Å²) in [6.45, 7) is 3.77. The number of carbonyl (C=O) groups is 1. The number of Topliss-reactive ketones (excluding diaryl/α,β-unsaturated/α-hetero) is 1. The van der Waals surface area contributed by atoms with Crippen molar-refractivity contribution in [2.75, 3.05) is 0 Å². The third kappa shape index (κ3) is 6.19. The fourth-order valence-corrected chi connectivity index (χ4v) is 4.00. The van der Waals surface area contributed by atoms with Gasteiger partial charge in [-0.3, -0.25) is 9.79 Å². The molecule has 0 bridgehead atoms. The molecule has 2 heterocycles. The number of furan rings is 1. The van der Waals surface area contributed by atoms with Gasteiger partial charge in [0.15, 0.2) is 5.78 Å². The highest BCUT2D eigenvalue weighted by Gasteiger charge is 2.17. The summed E-state index contributed by atoms with van der Waals surface area (Å²) in [6, 6.07) is 20.4. The fraction of sp³-hybridized carbons (Fsp3) is 0.241. The van der Waals surface area contributed by atoms with Gasteiger partial charge in [0.05, 0.1) is 17.8 Å². The molecule has 4 rings (SSSR count). The summed E-state index contributed by atoms with van der Waals surface area (Å²) in [7, 11) is 0. The molecule has 4 nitrogen and oxygen atoms in total. The Bertz CT molecular complexity index is 1250.